The van der Waals surface area contributed by atoms with Crippen LogP contribution in [0.3, 0.4) is 0 Å². The van der Waals surface area contributed by atoms with Gasteiger partial charge in [0.15, 0.2) is 0 Å². The Morgan fingerprint density at radius 2 is 2.13 bits per heavy atom. The van der Waals surface area contributed by atoms with Crippen molar-refractivity contribution in [3.63, 3.8) is 0 Å². The number of hydrogen-bond acceptors (Lipinski definition) is 2. The molecule has 1 atom stereocenters. The molecule has 0 amide bonds. The summed E-state index contributed by atoms with van der Waals surface area (Å²) in [5.41, 5.74) is 6.36. The molecule has 1 unspecified atom stereocenters. The topological polar surface area (TPSA) is 35.2 Å². The van der Waals surface area contributed by atoms with E-state index in [9.17, 15) is 8.78 Å². The molecule has 0 saturated heterocycles. The zero-order valence-electron chi connectivity index (χ0n) is 8.06. The van der Waals surface area contributed by atoms with Gasteiger partial charge in [0, 0.05) is 17.5 Å². The van der Waals surface area contributed by atoms with E-state index in [1.807, 2.05) is 0 Å². The molecular formula is C10H10ClF2NO. The molecule has 2 rings (SSSR count). The molecule has 1 fully saturated rings. The number of anilines is 1. The van der Waals surface area contributed by atoms with Crippen LogP contribution < -0.4 is 10.5 Å². The zero-order chi connectivity index (χ0) is 11.2. The van der Waals surface area contributed by atoms with E-state index in [0.29, 0.717) is 17.0 Å². The van der Waals surface area contributed by atoms with E-state index in [1.165, 1.54) is 19.2 Å². The first-order chi connectivity index (χ1) is 6.95. The molecule has 1 aliphatic carbocycles. The third-order valence-electron chi connectivity index (χ3n) is 2.55. The number of methoxy groups -OCH3 is 1. The lowest BCUT2D eigenvalue weighted by Gasteiger charge is -2.09. The Morgan fingerprint density at radius 1 is 1.53 bits per heavy atom. The minimum Gasteiger partial charge on any atom is -0.495 e. The minimum absolute atomic E-state index is 0.154. The first kappa shape index (κ1) is 10.5. The Bertz CT molecular complexity index is 409. The van der Waals surface area contributed by atoms with Crippen LogP contribution in [0.4, 0.5) is 14.5 Å². The average molecular weight is 234 g/mol. The smallest absolute Gasteiger partial charge is 0.255 e. The Hall–Kier alpha value is -1.03. The molecule has 2 N–H and O–H groups in total. The summed E-state index contributed by atoms with van der Waals surface area (Å²) < 4.78 is 30.6. The second kappa shape index (κ2) is 3.23. The number of halogens is 3. The van der Waals surface area contributed by atoms with Gasteiger partial charge in [-0.05, 0) is 11.6 Å². The highest BCUT2D eigenvalue weighted by molar-refractivity contribution is 6.31. The molecule has 2 nitrogen and oxygen atoms in total. The standard InChI is InChI=1S/C10H10ClF2NO/c1-15-9-3-7(11)5(2-8(9)14)6-4-10(6,12)13/h2-3,6H,4,14H2,1H3. The van der Waals surface area contributed by atoms with Crippen molar-refractivity contribution in [2.45, 2.75) is 18.3 Å². The Balaban J connectivity index is 2.38. The lowest BCUT2D eigenvalue weighted by molar-refractivity contribution is 0.112. The largest absolute Gasteiger partial charge is 0.495 e. The molecule has 0 spiro atoms. The highest BCUT2D eigenvalue weighted by Gasteiger charge is 2.58. The van der Waals surface area contributed by atoms with Crippen LogP contribution in [0, 0.1) is 0 Å². The van der Waals surface area contributed by atoms with Crippen LogP contribution in [-0.4, -0.2) is 13.0 Å². The van der Waals surface area contributed by atoms with E-state index < -0.39 is 11.8 Å². The Kier molecular flexibility index (Phi) is 2.26. The summed E-state index contributed by atoms with van der Waals surface area (Å²) in [5, 5.41) is 0.281. The fraction of sp³-hybridized carbons (Fsp3) is 0.400. The summed E-state index contributed by atoms with van der Waals surface area (Å²) in [6.07, 6.45) is -0.154. The van der Waals surface area contributed by atoms with Gasteiger partial charge in [0.1, 0.15) is 5.75 Å². The van der Waals surface area contributed by atoms with Crippen LogP contribution in [0.5, 0.6) is 5.75 Å². The lowest BCUT2D eigenvalue weighted by Crippen LogP contribution is -1.98. The van der Waals surface area contributed by atoms with Crippen LogP contribution in [0.25, 0.3) is 0 Å². The van der Waals surface area contributed by atoms with Gasteiger partial charge >= 0.3 is 0 Å². The predicted molar refractivity (Wildman–Crippen MR) is 54.7 cm³/mol. The minimum atomic E-state index is -2.63. The van der Waals surface area contributed by atoms with Gasteiger partial charge in [0.05, 0.1) is 18.7 Å². The number of benzene rings is 1. The summed E-state index contributed by atoms with van der Waals surface area (Å²) in [6.45, 7) is 0. The number of hydrogen-bond donors (Lipinski definition) is 1. The SMILES string of the molecule is COc1cc(Cl)c(C2CC2(F)F)cc1N. The molecule has 1 aromatic carbocycles. The molecule has 82 valence electrons. The summed E-state index contributed by atoms with van der Waals surface area (Å²) >= 11 is 5.87. The predicted octanol–water partition coefficient (Wildman–Crippen LogP) is 3.05. The maximum Gasteiger partial charge on any atom is 0.255 e. The van der Waals surface area contributed by atoms with E-state index >= 15 is 0 Å². The molecule has 0 heterocycles. The maximum atomic E-state index is 12.8. The first-order valence-electron chi connectivity index (χ1n) is 4.46. The van der Waals surface area contributed by atoms with Gasteiger partial charge in [-0.3, -0.25) is 0 Å². The molecule has 0 aromatic heterocycles. The summed E-state index contributed by atoms with van der Waals surface area (Å²) in [6, 6.07) is 2.94. The number of nitrogens with two attached hydrogens (primary N) is 1. The Labute approximate surface area is 91.0 Å². The van der Waals surface area contributed by atoms with E-state index in [-0.39, 0.29) is 11.4 Å². The van der Waals surface area contributed by atoms with Gasteiger partial charge in [-0.25, -0.2) is 8.78 Å². The number of ether oxygens (including phenoxy) is 1. The second-order valence-electron chi connectivity index (χ2n) is 3.63. The van der Waals surface area contributed by atoms with E-state index in [0.717, 1.165) is 0 Å². The number of alkyl halides is 2. The van der Waals surface area contributed by atoms with Crippen molar-refractivity contribution in [1.29, 1.82) is 0 Å². The summed E-state index contributed by atoms with van der Waals surface area (Å²) in [4.78, 5) is 0. The molecule has 1 aliphatic rings. The Morgan fingerprint density at radius 3 is 2.60 bits per heavy atom. The van der Waals surface area contributed by atoms with Crippen molar-refractivity contribution >= 4 is 17.3 Å². The van der Waals surface area contributed by atoms with Gasteiger partial charge in [-0.15, -0.1) is 0 Å². The van der Waals surface area contributed by atoms with Gasteiger partial charge in [-0.1, -0.05) is 11.6 Å². The van der Waals surface area contributed by atoms with E-state index in [1.54, 1.807) is 0 Å². The fourth-order valence-corrected chi connectivity index (χ4v) is 1.87. The maximum absolute atomic E-state index is 12.8. The monoisotopic (exact) mass is 233 g/mol. The van der Waals surface area contributed by atoms with Crippen molar-refractivity contribution in [2.24, 2.45) is 0 Å². The molecule has 0 bridgehead atoms. The van der Waals surface area contributed by atoms with Crippen LogP contribution >= 0.6 is 11.6 Å². The van der Waals surface area contributed by atoms with Crippen LogP contribution in [0.1, 0.15) is 17.9 Å². The summed E-state index contributed by atoms with van der Waals surface area (Å²) in [5.74, 6) is -3.02. The number of rotatable bonds is 2. The van der Waals surface area contributed by atoms with Crippen molar-refractivity contribution in [1.82, 2.24) is 0 Å². The molecular weight excluding hydrogens is 224 g/mol. The average Bonchev–Trinajstić information content (AvgIpc) is 2.78. The third kappa shape index (κ3) is 1.74. The normalized spacial score (nSPS) is 22.5. The molecule has 1 saturated carbocycles. The fourth-order valence-electron chi connectivity index (χ4n) is 1.58. The van der Waals surface area contributed by atoms with Crippen LogP contribution in [0.15, 0.2) is 12.1 Å². The highest BCUT2D eigenvalue weighted by Crippen LogP contribution is 2.57. The van der Waals surface area contributed by atoms with Gasteiger partial charge in [0.25, 0.3) is 5.92 Å². The second-order valence-corrected chi connectivity index (χ2v) is 4.04. The van der Waals surface area contributed by atoms with Gasteiger partial charge in [-0.2, -0.15) is 0 Å². The van der Waals surface area contributed by atoms with Crippen molar-refractivity contribution in [3.8, 4) is 5.75 Å². The molecule has 0 aliphatic heterocycles. The summed E-state index contributed by atoms with van der Waals surface area (Å²) in [7, 11) is 1.45. The van der Waals surface area contributed by atoms with Crippen molar-refractivity contribution < 1.29 is 13.5 Å². The molecule has 1 aromatic rings. The van der Waals surface area contributed by atoms with Gasteiger partial charge in [0.2, 0.25) is 0 Å². The van der Waals surface area contributed by atoms with Crippen LogP contribution in [-0.2, 0) is 0 Å². The molecule has 15 heavy (non-hydrogen) atoms. The van der Waals surface area contributed by atoms with Crippen molar-refractivity contribution in [3.05, 3.63) is 22.7 Å². The zero-order valence-corrected chi connectivity index (χ0v) is 8.81. The lowest BCUT2D eigenvalue weighted by atomic mass is 10.1. The first-order valence-corrected chi connectivity index (χ1v) is 4.84. The van der Waals surface area contributed by atoms with E-state index in [2.05, 4.69) is 0 Å². The number of nitrogen functional groups attached to an aromatic ring is 1. The third-order valence-corrected chi connectivity index (χ3v) is 2.88. The van der Waals surface area contributed by atoms with Crippen molar-refractivity contribution in [2.75, 3.05) is 12.8 Å². The molecule has 5 heteroatoms. The molecule has 0 radical (unpaired) electrons. The quantitative estimate of drug-likeness (QED) is 0.797. The van der Waals surface area contributed by atoms with E-state index in [4.69, 9.17) is 22.1 Å². The van der Waals surface area contributed by atoms with Crippen LogP contribution in [0.2, 0.25) is 5.02 Å². The highest BCUT2D eigenvalue weighted by atomic mass is 35.5. The van der Waals surface area contributed by atoms with Gasteiger partial charge < -0.3 is 10.5 Å².